The van der Waals surface area contributed by atoms with Crippen LogP contribution in [0.25, 0.3) is 0 Å². The maximum atomic E-state index is 2.25. The highest BCUT2D eigenvalue weighted by Crippen LogP contribution is 2.05. The monoisotopic (exact) mass is 1220 g/mol. The fourth-order valence-electron chi connectivity index (χ4n) is 7.74. The Hall–Kier alpha value is 0. The molecule has 0 bridgehead atoms. The Bertz CT molecular complexity index is 482. The molecule has 0 aromatic carbocycles. The zero-order valence-corrected chi connectivity index (χ0v) is 67.7. The molecule has 0 amide bonds. The van der Waals surface area contributed by atoms with Gasteiger partial charge in [-0.2, -0.15) is 0 Å². The lowest BCUT2D eigenvalue weighted by Gasteiger charge is -1.90. The van der Waals surface area contributed by atoms with E-state index in [1.165, 1.54) is 379 Å². The van der Waals surface area contributed by atoms with Crippen LogP contribution < -0.4 is 0 Å². The molecule has 0 N–H and O–H groups in total. The van der Waals surface area contributed by atoms with E-state index >= 15 is 0 Å². The molecule has 0 aliphatic carbocycles. The standard InChI is InChI=1S/7C7H16.6C6H14/c7*1-3-5-7-6-4-2;6*1-3-5-6-4-2/h7*3-7H2,1-2H3;6*3-6H2,1-2H3. The zero-order chi connectivity index (χ0) is 67.7. The molecular formula is C85H196. The van der Waals surface area contributed by atoms with Crippen molar-refractivity contribution in [2.24, 2.45) is 0 Å². The summed E-state index contributed by atoms with van der Waals surface area (Å²) in [6.45, 7) is 58.2. The molecule has 0 heteroatoms. The van der Waals surface area contributed by atoms with Gasteiger partial charge in [-0.25, -0.2) is 0 Å². The second kappa shape index (κ2) is 166. The molecule has 0 aliphatic heterocycles. The van der Waals surface area contributed by atoms with Gasteiger partial charge in [0.25, 0.3) is 0 Å². The molecule has 0 saturated carbocycles. The molecule has 0 nitrogen and oxygen atoms in total. The third kappa shape index (κ3) is 267. The Kier molecular flexibility index (Phi) is 226. The molecule has 0 aromatic rings. The van der Waals surface area contributed by atoms with Gasteiger partial charge in [0.05, 0.1) is 0 Å². The van der Waals surface area contributed by atoms with E-state index in [2.05, 4.69) is 180 Å². The van der Waals surface area contributed by atoms with Gasteiger partial charge in [0.1, 0.15) is 0 Å². The Balaban J connectivity index is -0.0000000601. The predicted octanol–water partition coefficient (Wildman–Crippen LogP) is 36.4. The highest BCUT2D eigenvalue weighted by molar-refractivity contribution is 4.41. The van der Waals surface area contributed by atoms with Crippen LogP contribution in [0.3, 0.4) is 0 Å². The normalized spacial score (nSPS) is 9.25. The van der Waals surface area contributed by atoms with Gasteiger partial charge >= 0.3 is 0 Å². The highest BCUT2D eigenvalue weighted by atomic mass is 13.9. The Morgan fingerprint density at radius 1 is 0.0588 bits per heavy atom. The van der Waals surface area contributed by atoms with Crippen LogP contribution in [0.4, 0.5) is 0 Å². The predicted molar refractivity (Wildman–Crippen MR) is 420 cm³/mol. The van der Waals surface area contributed by atoms with Crippen LogP contribution in [0.1, 0.15) is 559 Å². The van der Waals surface area contributed by atoms with Crippen LogP contribution in [-0.4, -0.2) is 0 Å². The minimum absolute atomic E-state index is 1.36. The molecule has 0 unspecified atom stereocenters. The highest BCUT2D eigenvalue weighted by Gasteiger charge is 1.85. The minimum atomic E-state index is 1.36. The van der Waals surface area contributed by atoms with Crippen LogP contribution in [-0.2, 0) is 0 Å². The lowest BCUT2D eigenvalue weighted by atomic mass is 10.2. The lowest BCUT2D eigenvalue weighted by molar-refractivity contribution is 0.656. The molecule has 0 aliphatic rings. The quantitative estimate of drug-likeness (QED) is 0.0533. The summed E-state index contributed by atoms with van der Waals surface area (Å²) in [5.41, 5.74) is 0. The van der Waals surface area contributed by atoms with Gasteiger partial charge in [-0.15, -0.1) is 0 Å². The number of rotatable bonds is 46. The Morgan fingerprint density at radius 2 is 0.0941 bits per heavy atom. The van der Waals surface area contributed by atoms with Gasteiger partial charge in [-0.1, -0.05) is 559 Å². The van der Waals surface area contributed by atoms with Gasteiger partial charge < -0.3 is 0 Å². The van der Waals surface area contributed by atoms with Gasteiger partial charge in [0.15, 0.2) is 0 Å². The van der Waals surface area contributed by atoms with Crippen molar-refractivity contribution in [3.8, 4) is 0 Å². The zero-order valence-electron chi connectivity index (χ0n) is 67.7. The first-order valence-corrected chi connectivity index (χ1v) is 41.4. The summed E-state index contributed by atoms with van der Waals surface area (Å²) in [7, 11) is 0. The third-order valence-electron chi connectivity index (χ3n) is 14.2. The van der Waals surface area contributed by atoms with Gasteiger partial charge in [0, 0.05) is 0 Å². The van der Waals surface area contributed by atoms with E-state index in [0.717, 1.165) is 0 Å². The third-order valence-corrected chi connectivity index (χ3v) is 14.2. The van der Waals surface area contributed by atoms with Crippen molar-refractivity contribution in [3.05, 3.63) is 0 Å². The SMILES string of the molecule is CCCCCC.CCCCCC.CCCCCC.CCCCCC.CCCCCC.CCCCCC.CCCCCCC.CCCCCCC.CCCCCCC.CCCCCCC.CCCCCCC.CCCCCCC.CCCCCCC. The maximum Gasteiger partial charge on any atom is -0.0533 e. The summed E-state index contributed by atoms with van der Waals surface area (Å²) in [5, 5.41) is 0. The van der Waals surface area contributed by atoms with Gasteiger partial charge in [-0.3, -0.25) is 0 Å². The van der Waals surface area contributed by atoms with E-state index in [0.29, 0.717) is 0 Å². The van der Waals surface area contributed by atoms with Crippen LogP contribution >= 0.6 is 0 Å². The van der Waals surface area contributed by atoms with Crippen LogP contribution in [0.2, 0.25) is 0 Å². The number of hydrogen-bond donors (Lipinski definition) is 0. The summed E-state index contributed by atoms with van der Waals surface area (Å²) >= 11 is 0. The van der Waals surface area contributed by atoms with E-state index in [1.54, 1.807) is 0 Å². The fourth-order valence-corrected chi connectivity index (χ4v) is 7.74. The molecule has 0 heterocycles. The first-order valence-electron chi connectivity index (χ1n) is 41.4. The van der Waals surface area contributed by atoms with E-state index in [9.17, 15) is 0 Å². The topological polar surface area (TPSA) is 0 Å². The van der Waals surface area contributed by atoms with Crippen molar-refractivity contribution in [2.75, 3.05) is 0 Å². The van der Waals surface area contributed by atoms with E-state index in [1.807, 2.05) is 0 Å². The van der Waals surface area contributed by atoms with Gasteiger partial charge in [0.2, 0.25) is 0 Å². The first kappa shape index (κ1) is 116. The average Bonchev–Trinajstić information content (AvgIpc) is 3.52. The second-order valence-electron chi connectivity index (χ2n) is 24.7. The lowest BCUT2D eigenvalue weighted by Crippen LogP contribution is -1.70. The molecule has 85 heavy (non-hydrogen) atoms. The summed E-state index contributed by atoms with van der Waals surface area (Å²) in [4.78, 5) is 0. The van der Waals surface area contributed by atoms with E-state index < -0.39 is 0 Å². The minimum Gasteiger partial charge on any atom is -0.0654 e. The maximum absolute atomic E-state index is 2.25. The van der Waals surface area contributed by atoms with Crippen LogP contribution in [0.15, 0.2) is 0 Å². The summed E-state index contributed by atoms with van der Waals surface area (Å²) in [6.07, 6.45) is 82.3. The molecule has 0 radical (unpaired) electrons. The van der Waals surface area contributed by atoms with Crippen molar-refractivity contribution >= 4 is 0 Å². The van der Waals surface area contributed by atoms with Crippen molar-refractivity contribution in [1.82, 2.24) is 0 Å². The Labute approximate surface area is 555 Å². The molecule has 0 atom stereocenters. The van der Waals surface area contributed by atoms with Gasteiger partial charge in [-0.05, 0) is 0 Å². The van der Waals surface area contributed by atoms with Crippen LogP contribution in [0, 0.1) is 0 Å². The van der Waals surface area contributed by atoms with Crippen molar-refractivity contribution in [1.29, 1.82) is 0 Å². The molecule has 536 valence electrons. The summed E-state index contributed by atoms with van der Waals surface area (Å²) in [5.74, 6) is 0. The Morgan fingerprint density at radius 3 is 0.129 bits per heavy atom. The van der Waals surface area contributed by atoms with Crippen molar-refractivity contribution < 1.29 is 0 Å². The fraction of sp³-hybridized carbons (Fsp3) is 1.00. The first-order chi connectivity index (χ1) is 41.4. The molecule has 0 aromatic heterocycles. The number of unbranched alkanes of at least 4 members (excludes halogenated alkanes) is 46. The van der Waals surface area contributed by atoms with E-state index in [4.69, 9.17) is 0 Å². The van der Waals surface area contributed by atoms with Crippen molar-refractivity contribution in [2.45, 2.75) is 559 Å². The van der Waals surface area contributed by atoms with Crippen LogP contribution in [0.5, 0.6) is 0 Å². The molecule has 0 saturated heterocycles. The largest absolute Gasteiger partial charge is 0.0654 e. The van der Waals surface area contributed by atoms with E-state index in [-0.39, 0.29) is 0 Å². The summed E-state index contributed by atoms with van der Waals surface area (Å²) in [6, 6.07) is 0. The smallest absolute Gasteiger partial charge is 0.0533 e. The molecule has 0 spiro atoms. The molecular weight excluding hydrogens is 1020 g/mol. The number of hydrogen-bond acceptors (Lipinski definition) is 0. The molecule has 0 fully saturated rings. The molecule has 0 rings (SSSR count). The summed E-state index contributed by atoms with van der Waals surface area (Å²) < 4.78 is 0. The average molecular weight is 1220 g/mol. The van der Waals surface area contributed by atoms with Crippen molar-refractivity contribution in [3.63, 3.8) is 0 Å². The second-order valence-corrected chi connectivity index (χ2v) is 24.7.